The number of carbonyl (C=O) groups is 2. The van der Waals surface area contributed by atoms with Crippen molar-refractivity contribution in [2.45, 2.75) is 30.6 Å². The van der Waals surface area contributed by atoms with Gasteiger partial charge in [0.15, 0.2) is 6.61 Å². The lowest BCUT2D eigenvalue weighted by Gasteiger charge is -2.31. The molecule has 3 heterocycles. The van der Waals surface area contributed by atoms with E-state index in [1.165, 1.54) is 22.8 Å². The molecule has 4 rings (SSSR count). The normalized spacial score (nSPS) is 17.3. The van der Waals surface area contributed by atoms with Crippen LogP contribution in [-0.2, 0) is 30.8 Å². The van der Waals surface area contributed by atoms with Gasteiger partial charge in [0.2, 0.25) is 10.0 Å². The van der Waals surface area contributed by atoms with E-state index in [9.17, 15) is 18.0 Å². The van der Waals surface area contributed by atoms with Gasteiger partial charge >= 0.3 is 5.97 Å². The van der Waals surface area contributed by atoms with Gasteiger partial charge in [0, 0.05) is 37.7 Å². The number of pyridine rings is 1. The number of esters is 1. The summed E-state index contributed by atoms with van der Waals surface area (Å²) in [7, 11) is -2.03. The molecular weight excluding hydrogens is 446 g/mol. The minimum absolute atomic E-state index is 0.135. The molecule has 1 aromatic carbocycles. The Morgan fingerprint density at radius 3 is 2.64 bits per heavy atom. The number of amides is 1. The first-order valence-electron chi connectivity index (χ1n) is 10.9. The Morgan fingerprint density at radius 1 is 1.15 bits per heavy atom. The Balaban J connectivity index is 1.30. The number of ether oxygens (including phenoxy) is 2. The third-order valence-electron chi connectivity index (χ3n) is 6.10. The van der Waals surface area contributed by atoms with E-state index < -0.39 is 21.9 Å². The number of hydrogen-bond acceptors (Lipinski definition) is 7. The standard InChI is InChI=1S/C23H27N3O6S/c1-31-19-6-7-21-18(14-19)4-3-11-26(21)22(27)16-32-23(28)17-8-12-25(13-9-17)33(29,30)20-5-2-10-24-15-20/h2,5-7,10,14-15,17H,3-4,8-9,11-13,16H2,1H3. The number of hydrogen-bond donors (Lipinski definition) is 0. The molecule has 1 amide bonds. The fourth-order valence-corrected chi connectivity index (χ4v) is 5.70. The SMILES string of the molecule is COc1ccc2c(c1)CCCN2C(=O)COC(=O)C1CCN(S(=O)(=O)c2cccnc2)CC1. The zero-order chi connectivity index (χ0) is 23.4. The number of aromatic nitrogens is 1. The minimum atomic E-state index is -3.64. The Bertz CT molecular complexity index is 1110. The highest BCUT2D eigenvalue weighted by molar-refractivity contribution is 7.89. The smallest absolute Gasteiger partial charge is 0.309 e. The summed E-state index contributed by atoms with van der Waals surface area (Å²) in [6.45, 7) is 0.664. The summed E-state index contributed by atoms with van der Waals surface area (Å²) < 4.78 is 37.4. The number of piperidine rings is 1. The molecule has 9 nitrogen and oxygen atoms in total. The van der Waals surface area contributed by atoms with Crippen molar-refractivity contribution in [1.82, 2.24) is 9.29 Å². The molecule has 33 heavy (non-hydrogen) atoms. The van der Waals surface area contributed by atoms with E-state index in [2.05, 4.69) is 4.98 Å². The average molecular weight is 474 g/mol. The fraction of sp³-hybridized carbons (Fsp3) is 0.435. The summed E-state index contributed by atoms with van der Waals surface area (Å²) in [5, 5.41) is 0. The van der Waals surface area contributed by atoms with Gasteiger partial charge in [0.05, 0.1) is 13.0 Å². The minimum Gasteiger partial charge on any atom is -0.497 e. The second-order valence-electron chi connectivity index (χ2n) is 8.12. The highest BCUT2D eigenvalue weighted by Gasteiger charge is 2.33. The molecule has 0 aliphatic carbocycles. The Kier molecular flexibility index (Phi) is 6.94. The third kappa shape index (κ3) is 5.01. The van der Waals surface area contributed by atoms with Crippen molar-refractivity contribution in [2.24, 2.45) is 5.92 Å². The van der Waals surface area contributed by atoms with Crippen LogP contribution in [0, 0.1) is 5.92 Å². The number of aryl methyl sites for hydroxylation is 1. The van der Waals surface area contributed by atoms with Crippen LogP contribution in [0.5, 0.6) is 5.75 Å². The van der Waals surface area contributed by atoms with E-state index in [1.54, 1.807) is 18.1 Å². The average Bonchev–Trinajstić information content (AvgIpc) is 2.86. The lowest BCUT2D eigenvalue weighted by atomic mass is 9.98. The van der Waals surface area contributed by atoms with Crippen LogP contribution < -0.4 is 9.64 Å². The van der Waals surface area contributed by atoms with Crippen LogP contribution in [0.2, 0.25) is 0 Å². The highest BCUT2D eigenvalue weighted by Crippen LogP contribution is 2.31. The molecule has 1 aromatic heterocycles. The molecular formula is C23H27N3O6S. The molecule has 2 aliphatic heterocycles. The van der Waals surface area contributed by atoms with Crippen LogP contribution in [0.4, 0.5) is 5.69 Å². The van der Waals surface area contributed by atoms with Gasteiger partial charge in [-0.3, -0.25) is 14.6 Å². The second-order valence-corrected chi connectivity index (χ2v) is 10.1. The van der Waals surface area contributed by atoms with Crippen LogP contribution in [-0.4, -0.2) is 62.9 Å². The molecule has 0 atom stereocenters. The second kappa shape index (κ2) is 9.88. The zero-order valence-electron chi connectivity index (χ0n) is 18.5. The van der Waals surface area contributed by atoms with Gasteiger partial charge in [-0.25, -0.2) is 8.42 Å². The fourth-order valence-electron chi connectivity index (χ4n) is 4.27. The maximum absolute atomic E-state index is 12.8. The van der Waals surface area contributed by atoms with E-state index in [0.717, 1.165) is 29.8 Å². The topological polar surface area (TPSA) is 106 Å². The Morgan fingerprint density at radius 2 is 1.94 bits per heavy atom. The van der Waals surface area contributed by atoms with Crippen LogP contribution >= 0.6 is 0 Å². The monoisotopic (exact) mass is 473 g/mol. The molecule has 2 aromatic rings. The lowest BCUT2D eigenvalue weighted by Crippen LogP contribution is -2.42. The number of sulfonamides is 1. The highest BCUT2D eigenvalue weighted by atomic mass is 32.2. The number of carbonyl (C=O) groups excluding carboxylic acids is 2. The number of methoxy groups -OCH3 is 1. The van der Waals surface area contributed by atoms with Gasteiger partial charge in [-0.1, -0.05) is 0 Å². The van der Waals surface area contributed by atoms with Gasteiger partial charge in [0.25, 0.3) is 5.91 Å². The number of rotatable bonds is 6. The number of benzene rings is 1. The van der Waals surface area contributed by atoms with E-state index in [1.807, 2.05) is 18.2 Å². The van der Waals surface area contributed by atoms with Crippen molar-refractivity contribution in [3.8, 4) is 5.75 Å². The van der Waals surface area contributed by atoms with Crippen LogP contribution in [0.3, 0.4) is 0 Å². The van der Waals surface area contributed by atoms with E-state index >= 15 is 0 Å². The molecule has 0 radical (unpaired) electrons. The zero-order valence-corrected chi connectivity index (χ0v) is 19.3. The molecule has 0 N–H and O–H groups in total. The summed E-state index contributed by atoms with van der Waals surface area (Å²) in [5.41, 5.74) is 1.85. The molecule has 10 heteroatoms. The number of anilines is 1. The van der Waals surface area contributed by atoms with Crippen LogP contribution in [0.1, 0.15) is 24.8 Å². The van der Waals surface area contributed by atoms with Gasteiger partial charge in [-0.15, -0.1) is 0 Å². The van der Waals surface area contributed by atoms with Crippen LogP contribution in [0.25, 0.3) is 0 Å². The van der Waals surface area contributed by atoms with Gasteiger partial charge < -0.3 is 14.4 Å². The largest absolute Gasteiger partial charge is 0.497 e. The summed E-state index contributed by atoms with van der Waals surface area (Å²) in [4.78, 5) is 31.0. The molecule has 1 saturated heterocycles. The quantitative estimate of drug-likeness (QED) is 0.591. The lowest BCUT2D eigenvalue weighted by molar-refractivity contribution is -0.153. The van der Waals surface area contributed by atoms with Gasteiger partial charge in [0.1, 0.15) is 10.6 Å². The van der Waals surface area contributed by atoms with E-state index in [-0.39, 0.29) is 30.5 Å². The summed E-state index contributed by atoms with van der Waals surface area (Å²) in [6, 6.07) is 8.66. The molecule has 1 fully saturated rings. The molecule has 2 aliphatic rings. The van der Waals surface area contributed by atoms with Crippen molar-refractivity contribution in [2.75, 3.05) is 38.3 Å². The van der Waals surface area contributed by atoms with Crippen molar-refractivity contribution < 1.29 is 27.5 Å². The predicted molar refractivity (Wildman–Crippen MR) is 120 cm³/mol. The first kappa shape index (κ1) is 23.2. The molecule has 176 valence electrons. The number of nitrogens with zero attached hydrogens (tertiary/aromatic N) is 3. The molecule has 0 saturated carbocycles. The summed E-state index contributed by atoms with van der Waals surface area (Å²) >= 11 is 0. The number of fused-ring (bicyclic) bond motifs is 1. The first-order valence-corrected chi connectivity index (χ1v) is 12.4. The van der Waals surface area contributed by atoms with Crippen molar-refractivity contribution >= 4 is 27.6 Å². The predicted octanol–water partition coefficient (Wildman–Crippen LogP) is 2.01. The van der Waals surface area contributed by atoms with Crippen LogP contribution in [0.15, 0.2) is 47.6 Å². The van der Waals surface area contributed by atoms with Crippen molar-refractivity contribution in [3.63, 3.8) is 0 Å². The summed E-state index contributed by atoms with van der Waals surface area (Å²) in [6.07, 6.45) is 5.20. The molecule has 0 unspecified atom stereocenters. The first-order chi connectivity index (χ1) is 15.9. The molecule has 0 spiro atoms. The third-order valence-corrected chi connectivity index (χ3v) is 7.99. The van der Waals surface area contributed by atoms with E-state index in [0.29, 0.717) is 19.4 Å². The Hall–Kier alpha value is -2.98. The van der Waals surface area contributed by atoms with Gasteiger partial charge in [-0.2, -0.15) is 4.31 Å². The van der Waals surface area contributed by atoms with E-state index in [4.69, 9.17) is 9.47 Å². The van der Waals surface area contributed by atoms with Gasteiger partial charge in [-0.05, 0) is 61.6 Å². The Labute approximate surface area is 193 Å². The summed E-state index contributed by atoms with van der Waals surface area (Å²) in [5.74, 6) is -0.429. The van der Waals surface area contributed by atoms with Crippen molar-refractivity contribution in [3.05, 3.63) is 48.3 Å². The molecule has 0 bridgehead atoms. The maximum Gasteiger partial charge on any atom is 0.309 e. The maximum atomic E-state index is 12.8. The van der Waals surface area contributed by atoms with Crippen molar-refractivity contribution in [1.29, 1.82) is 0 Å².